The Labute approximate surface area is 108 Å². The monoisotopic (exact) mass is 245 g/mol. The highest BCUT2D eigenvalue weighted by Gasteiger charge is 1.98. The molecule has 0 unspecified atom stereocenters. The highest BCUT2D eigenvalue weighted by molar-refractivity contribution is 5.27. The van der Waals surface area contributed by atoms with Crippen LogP contribution in [0.4, 0.5) is 0 Å². The van der Waals surface area contributed by atoms with Crippen LogP contribution in [0, 0.1) is 13.8 Å². The Morgan fingerprint density at radius 2 is 2.06 bits per heavy atom. The highest BCUT2D eigenvalue weighted by atomic mass is 16.5. The van der Waals surface area contributed by atoms with Gasteiger partial charge in [-0.1, -0.05) is 12.1 Å². The van der Waals surface area contributed by atoms with Gasteiger partial charge in [0.2, 0.25) is 0 Å². The van der Waals surface area contributed by atoms with Crippen molar-refractivity contribution in [1.29, 1.82) is 0 Å². The van der Waals surface area contributed by atoms with Gasteiger partial charge in [0, 0.05) is 6.54 Å². The molecule has 0 aliphatic heterocycles. The number of hydrogen-bond donors (Lipinski definition) is 1. The van der Waals surface area contributed by atoms with Crippen LogP contribution in [-0.4, -0.2) is 13.2 Å². The summed E-state index contributed by atoms with van der Waals surface area (Å²) in [4.78, 5) is 0. The van der Waals surface area contributed by atoms with E-state index in [1.54, 1.807) is 0 Å². The van der Waals surface area contributed by atoms with Gasteiger partial charge in [0.1, 0.15) is 23.9 Å². The predicted octanol–water partition coefficient (Wildman–Crippen LogP) is 3.07. The van der Waals surface area contributed by atoms with Gasteiger partial charge in [-0.25, -0.2) is 0 Å². The third-order valence-corrected chi connectivity index (χ3v) is 2.63. The molecule has 2 aromatic rings. The topological polar surface area (TPSA) is 34.4 Å². The lowest BCUT2D eigenvalue weighted by atomic mass is 10.2. The molecule has 0 amide bonds. The number of ether oxygens (including phenoxy) is 1. The molecule has 18 heavy (non-hydrogen) atoms. The zero-order valence-electron chi connectivity index (χ0n) is 10.9. The minimum absolute atomic E-state index is 0.656. The second kappa shape index (κ2) is 6.26. The molecular formula is C15H19NO2. The normalized spacial score (nSPS) is 10.6. The zero-order valence-corrected chi connectivity index (χ0v) is 10.9. The van der Waals surface area contributed by atoms with E-state index in [1.807, 2.05) is 37.3 Å². The Bertz CT molecular complexity index is 491. The van der Waals surface area contributed by atoms with Crippen LogP contribution in [0.15, 0.2) is 40.8 Å². The first-order chi connectivity index (χ1) is 8.74. The Morgan fingerprint density at radius 1 is 1.17 bits per heavy atom. The van der Waals surface area contributed by atoms with Gasteiger partial charge >= 0.3 is 0 Å². The van der Waals surface area contributed by atoms with Gasteiger partial charge in [-0.05, 0) is 43.7 Å². The van der Waals surface area contributed by atoms with Gasteiger partial charge in [0.05, 0.1) is 6.54 Å². The molecule has 1 heterocycles. The fourth-order valence-electron chi connectivity index (χ4n) is 1.74. The van der Waals surface area contributed by atoms with Crippen molar-refractivity contribution in [1.82, 2.24) is 5.32 Å². The van der Waals surface area contributed by atoms with Gasteiger partial charge in [-0.15, -0.1) is 0 Å². The number of aryl methyl sites for hydroxylation is 2. The molecule has 0 atom stereocenters. The first-order valence-electron chi connectivity index (χ1n) is 6.19. The van der Waals surface area contributed by atoms with Crippen LogP contribution in [-0.2, 0) is 6.54 Å². The van der Waals surface area contributed by atoms with Gasteiger partial charge in [0.15, 0.2) is 0 Å². The van der Waals surface area contributed by atoms with E-state index in [4.69, 9.17) is 9.15 Å². The summed E-state index contributed by atoms with van der Waals surface area (Å²) < 4.78 is 11.1. The maximum atomic E-state index is 5.64. The SMILES string of the molecule is Cc1cccc(OCCNCc2ccc(C)o2)c1. The second-order valence-corrected chi connectivity index (χ2v) is 4.35. The molecule has 0 radical (unpaired) electrons. The van der Waals surface area contributed by atoms with E-state index in [2.05, 4.69) is 18.3 Å². The molecule has 0 saturated carbocycles. The molecule has 0 aliphatic rings. The van der Waals surface area contributed by atoms with E-state index in [0.29, 0.717) is 6.61 Å². The minimum Gasteiger partial charge on any atom is -0.492 e. The van der Waals surface area contributed by atoms with Crippen molar-refractivity contribution >= 4 is 0 Å². The number of hydrogen-bond acceptors (Lipinski definition) is 3. The lowest BCUT2D eigenvalue weighted by molar-refractivity contribution is 0.310. The molecule has 3 heteroatoms. The maximum Gasteiger partial charge on any atom is 0.119 e. The molecule has 2 rings (SSSR count). The second-order valence-electron chi connectivity index (χ2n) is 4.35. The van der Waals surface area contributed by atoms with Crippen molar-refractivity contribution in [3.8, 4) is 5.75 Å². The van der Waals surface area contributed by atoms with Crippen LogP contribution in [0.5, 0.6) is 5.75 Å². The van der Waals surface area contributed by atoms with E-state index < -0.39 is 0 Å². The average molecular weight is 245 g/mol. The zero-order chi connectivity index (χ0) is 12.8. The quantitative estimate of drug-likeness (QED) is 0.794. The van der Waals surface area contributed by atoms with E-state index in [0.717, 1.165) is 30.4 Å². The first kappa shape index (κ1) is 12.7. The Morgan fingerprint density at radius 3 is 2.78 bits per heavy atom. The third kappa shape index (κ3) is 3.93. The highest BCUT2D eigenvalue weighted by Crippen LogP contribution is 2.11. The summed E-state index contributed by atoms with van der Waals surface area (Å²) >= 11 is 0. The molecule has 96 valence electrons. The van der Waals surface area contributed by atoms with E-state index in [-0.39, 0.29) is 0 Å². The minimum atomic E-state index is 0.656. The van der Waals surface area contributed by atoms with Crippen molar-refractivity contribution in [3.05, 3.63) is 53.5 Å². The van der Waals surface area contributed by atoms with Crippen LogP contribution in [0.1, 0.15) is 17.1 Å². The van der Waals surface area contributed by atoms with Crippen LogP contribution in [0.2, 0.25) is 0 Å². The molecule has 0 fully saturated rings. The smallest absolute Gasteiger partial charge is 0.119 e. The lowest BCUT2D eigenvalue weighted by Gasteiger charge is -2.07. The summed E-state index contributed by atoms with van der Waals surface area (Å²) in [5.74, 6) is 2.83. The summed E-state index contributed by atoms with van der Waals surface area (Å²) in [6, 6.07) is 12.0. The van der Waals surface area contributed by atoms with Crippen molar-refractivity contribution in [2.24, 2.45) is 0 Å². The molecule has 1 N–H and O–H groups in total. The maximum absolute atomic E-state index is 5.64. The van der Waals surface area contributed by atoms with Crippen LogP contribution in [0.3, 0.4) is 0 Å². The van der Waals surface area contributed by atoms with E-state index in [9.17, 15) is 0 Å². The van der Waals surface area contributed by atoms with E-state index in [1.165, 1.54) is 5.56 Å². The van der Waals surface area contributed by atoms with Gasteiger partial charge < -0.3 is 14.5 Å². The lowest BCUT2D eigenvalue weighted by Crippen LogP contribution is -2.20. The average Bonchev–Trinajstić information content (AvgIpc) is 2.75. The van der Waals surface area contributed by atoms with Crippen LogP contribution in [0.25, 0.3) is 0 Å². The fraction of sp³-hybridized carbons (Fsp3) is 0.333. The van der Waals surface area contributed by atoms with Gasteiger partial charge in [0.25, 0.3) is 0 Å². The summed E-state index contributed by atoms with van der Waals surface area (Å²) in [6.45, 7) is 6.20. The summed E-state index contributed by atoms with van der Waals surface area (Å²) in [6.07, 6.45) is 0. The third-order valence-electron chi connectivity index (χ3n) is 2.63. The largest absolute Gasteiger partial charge is 0.492 e. The van der Waals surface area contributed by atoms with Crippen LogP contribution >= 0.6 is 0 Å². The molecule has 1 aromatic carbocycles. The Kier molecular flexibility index (Phi) is 4.42. The van der Waals surface area contributed by atoms with Crippen molar-refractivity contribution in [3.63, 3.8) is 0 Å². The van der Waals surface area contributed by atoms with Gasteiger partial charge in [-0.2, -0.15) is 0 Å². The molecule has 0 bridgehead atoms. The Hall–Kier alpha value is -1.74. The molecule has 1 aromatic heterocycles. The van der Waals surface area contributed by atoms with Gasteiger partial charge in [-0.3, -0.25) is 0 Å². The molecule has 0 saturated heterocycles. The molecule has 0 spiro atoms. The number of nitrogens with one attached hydrogen (secondary N) is 1. The number of benzene rings is 1. The summed E-state index contributed by atoms with van der Waals surface area (Å²) in [5.41, 5.74) is 1.21. The molecular weight excluding hydrogens is 226 g/mol. The van der Waals surface area contributed by atoms with Crippen molar-refractivity contribution in [2.75, 3.05) is 13.2 Å². The fourth-order valence-corrected chi connectivity index (χ4v) is 1.74. The standard InChI is InChI=1S/C15H19NO2/c1-12-4-3-5-14(10-12)17-9-8-16-11-15-7-6-13(2)18-15/h3-7,10,16H,8-9,11H2,1-2H3. The molecule has 0 aliphatic carbocycles. The van der Waals surface area contributed by atoms with Crippen molar-refractivity contribution < 1.29 is 9.15 Å². The van der Waals surface area contributed by atoms with E-state index >= 15 is 0 Å². The van der Waals surface area contributed by atoms with Crippen LogP contribution < -0.4 is 10.1 Å². The van der Waals surface area contributed by atoms with Crippen molar-refractivity contribution in [2.45, 2.75) is 20.4 Å². The first-order valence-corrected chi connectivity index (χ1v) is 6.19. The Balaban J connectivity index is 1.64. The number of rotatable bonds is 6. The number of furan rings is 1. The summed E-state index contributed by atoms with van der Waals surface area (Å²) in [7, 11) is 0. The molecule has 3 nitrogen and oxygen atoms in total. The predicted molar refractivity (Wildman–Crippen MR) is 71.8 cm³/mol. The summed E-state index contributed by atoms with van der Waals surface area (Å²) in [5, 5.41) is 3.28.